The van der Waals surface area contributed by atoms with Crippen LogP contribution in [0, 0.1) is 17.2 Å². The van der Waals surface area contributed by atoms with Crippen molar-refractivity contribution >= 4 is 0 Å². The molecule has 0 amide bonds. The van der Waals surface area contributed by atoms with Crippen LogP contribution in [-0.2, 0) is 0 Å². The van der Waals surface area contributed by atoms with Gasteiger partial charge in [-0.3, -0.25) is 4.90 Å². The van der Waals surface area contributed by atoms with Gasteiger partial charge in [-0.05, 0) is 30.9 Å². The molecule has 2 aliphatic rings. The fourth-order valence-corrected chi connectivity index (χ4v) is 3.58. The lowest BCUT2D eigenvalue weighted by molar-refractivity contribution is 0.0814. The van der Waals surface area contributed by atoms with Crippen molar-refractivity contribution in [2.24, 2.45) is 5.92 Å². The number of nitrogens with zero attached hydrogens (tertiary/aromatic N) is 2. The van der Waals surface area contributed by atoms with Gasteiger partial charge in [0.1, 0.15) is 0 Å². The Hall–Kier alpha value is -1.77. The zero-order chi connectivity index (χ0) is 15.5. The van der Waals surface area contributed by atoms with E-state index in [1.807, 2.05) is 0 Å². The Morgan fingerprint density at radius 3 is 2.64 bits per heavy atom. The molecule has 1 atom stereocenters. The van der Waals surface area contributed by atoms with Crippen molar-refractivity contribution in [2.75, 3.05) is 33.3 Å². The minimum atomic E-state index is 0.112. The Kier molecular flexibility index (Phi) is 4.51. The molecule has 1 aromatic rings. The van der Waals surface area contributed by atoms with Crippen LogP contribution in [0.4, 0.5) is 0 Å². The highest BCUT2D eigenvalue weighted by molar-refractivity contribution is 5.55. The van der Waals surface area contributed by atoms with Gasteiger partial charge in [-0.2, -0.15) is 5.26 Å². The van der Waals surface area contributed by atoms with Crippen molar-refractivity contribution in [2.45, 2.75) is 25.3 Å². The first-order valence-electron chi connectivity index (χ1n) is 8.01. The predicted molar refractivity (Wildman–Crippen MR) is 83.9 cm³/mol. The topological polar surface area (TPSA) is 68.5 Å². The molecular weight excluding hydrogens is 278 g/mol. The van der Waals surface area contributed by atoms with E-state index in [0.29, 0.717) is 17.2 Å². The highest BCUT2D eigenvalue weighted by atomic mass is 16.5. The number of nitriles is 1. The van der Waals surface area contributed by atoms with Crippen LogP contribution < -0.4 is 10.1 Å². The Labute approximate surface area is 131 Å². The zero-order valence-electron chi connectivity index (χ0n) is 13.0. The molecule has 0 radical (unpaired) electrons. The lowest BCUT2D eigenvalue weighted by Gasteiger charge is -2.43. The number of methoxy groups -OCH3 is 1. The molecule has 22 heavy (non-hydrogen) atoms. The molecule has 2 fully saturated rings. The molecule has 5 heteroatoms. The summed E-state index contributed by atoms with van der Waals surface area (Å²) in [6.07, 6.45) is 3.56. The summed E-state index contributed by atoms with van der Waals surface area (Å²) in [5, 5.41) is 23.5. The van der Waals surface area contributed by atoms with Crippen LogP contribution in [0.2, 0.25) is 0 Å². The van der Waals surface area contributed by atoms with Gasteiger partial charge in [0.05, 0.1) is 18.7 Å². The molecule has 0 bridgehead atoms. The fraction of sp³-hybridized carbons (Fsp3) is 0.588. The number of ether oxygens (including phenoxy) is 1. The molecule has 1 saturated carbocycles. The number of rotatable bonds is 4. The van der Waals surface area contributed by atoms with Gasteiger partial charge in [-0.1, -0.05) is 6.42 Å². The number of nitrogens with one attached hydrogen (secondary N) is 1. The minimum Gasteiger partial charge on any atom is -0.504 e. The molecule has 5 nitrogen and oxygen atoms in total. The molecule has 118 valence electrons. The normalized spacial score (nSPS) is 20.9. The number of hydrogen-bond acceptors (Lipinski definition) is 5. The Bertz CT molecular complexity index is 572. The van der Waals surface area contributed by atoms with E-state index in [9.17, 15) is 10.4 Å². The van der Waals surface area contributed by atoms with Crippen LogP contribution in [0.15, 0.2) is 12.1 Å². The van der Waals surface area contributed by atoms with Gasteiger partial charge in [0, 0.05) is 37.8 Å². The van der Waals surface area contributed by atoms with Gasteiger partial charge in [0.15, 0.2) is 11.5 Å². The Morgan fingerprint density at radius 1 is 1.36 bits per heavy atom. The van der Waals surface area contributed by atoms with Crippen molar-refractivity contribution in [3.63, 3.8) is 0 Å². The van der Waals surface area contributed by atoms with E-state index in [1.165, 1.54) is 6.42 Å². The van der Waals surface area contributed by atoms with Gasteiger partial charge in [-0.15, -0.1) is 0 Å². The summed E-state index contributed by atoms with van der Waals surface area (Å²) in [5.74, 6) is 1.11. The van der Waals surface area contributed by atoms with E-state index in [4.69, 9.17) is 4.74 Å². The van der Waals surface area contributed by atoms with Gasteiger partial charge in [0.2, 0.25) is 0 Å². The first-order valence-corrected chi connectivity index (χ1v) is 8.01. The number of benzene rings is 1. The molecule has 1 saturated heterocycles. The quantitative estimate of drug-likeness (QED) is 0.890. The number of phenolic OH excluding ortho intramolecular Hbond substituents is 1. The van der Waals surface area contributed by atoms with E-state index in [-0.39, 0.29) is 11.8 Å². The average molecular weight is 301 g/mol. The van der Waals surface area contributed by atoms with Crippen LogP contribution in [0.5, 0.6) is 11.5 Å². The molecule has 2 N–H and O–H groups in total. The maximum Gasteiger partial charge on any atom is 0.163 e. The standard InChI is InChI=1S/C17H23N3O2/c1-22-14-6-5-13(11-18)15(17(14)21)16(12-3-2-4-12)20-9-7-19-8-10-20/h5-6,12,16,19,21H,2-4,7-10H2,1H3/t16-/m0/s1. The third-order valence-electron chi connectivity index (χ3n) is 4.96. The van der Waals surface area contributed by atoms with Crippen molar-refractivity contribution in [1.29, 1.82) is 5.26 Å². The van der Waals surface area contributed by atoms with Crippen molar-refractivity contribution in [3.8, 4) is 17.6 Å². The maximum atomic E-state index is 10.7. The number of piperazine rings is 1. The monoisotopic (exact) mass is 301 g/mol. The van der Waals surface area contributed by atoms with E-state index in [2.05, 4.69) is 16.3 Å². The number of hydrogen-bond donors (Lipinski definition) is 2. The maximum absolute atomic E-state index is 10.7. The first-order chi connectivity index (χ1) is 10.8. The van der Waals surface area contributed by atoms with Gasteiger partial charge in [0.25, 0.3) is 0 Å². The predicted octanol–water partition coefficient (Wildman–Crippen LogP) is 2.02. The van der Waals surface area contributed by atoms with E-state index >= 15 is 0 Å². The third-order valence-corrected chi connectivity index (χ3v) is 4.96. The second kappa shape index (κ2) is 6.55. The summed E-state index contributed by atoms with van der Waals surface area (Å²) in [7, 11) is 1.55. The van der Waals surface area contributed by atoms with Crippen molar-refractivity contribution in [3.05, 3.63) is 23.3 Å². The lowest BCUT2D eigenvalue weighted by Crippen LogP contribution is -2.48. The highest BCUT2D eigenvalue weighted by Crippen LogP contribution is 2.47. The van der Waals surface area contributed by atoms with Crippen LogP contribution in [0.1, 0.15) is 36.4 Å². The molecule has 0 unspecified atom stereocenters. The van der Waals surface area contributed by atoms with Crippen LogP contribution in [0.3, 0.4) is 0 Å². The summed E-state index contributed by atoms with van der Waals surface area (Å²) in [5.41, 5.74) is 1.32. The van der Waals surface area contributed by atoms with Gasteiger partial charge >= 0.3 is 0 Å². The SMILES string of the molecule is COc1ccc(C#N)c([C@H](C2CCC2)N2CCNCC2)c1O. The zero-order valence-corrected chi connectivity index (χ0v) is 13.0. The third kappa shape index (κ3) is 2.65. The molecule has 0 spiro atoms. The molecule has 1 aliphatic heterocycles. The summed E-state index contributed by atoms with van der Waals surface area (Å²) < 4.78 is 5.26. The Balaban J connectivity index is 2.04. The molecule has 1 aromatic carbocycles. The van der Waals surface area contributed by atoms with Crippen LogP contribution in [0.25, 0.3) is 0 Å². The first kappa shape index (κ1) is 15.1. The summed E-state index contributed by atoms with van der Waals surface area (Å²) >= 11 is 0. The summed E-state index contributed by atoms with van der Waals surface area (Å²) in [4.78, 5) is 2.41. The molecule has 0 aromatic heterocycles. The summed E-state index contributed by atoms with van der Waals surface area (Å²) in [6.45, 7) is 3.80. The van der Waals surface area contributed by atoms with Gasteiger partial charge < -0.3 is 15.2 Å². The van der Waals surface area contributed by atoms with E-state index < -0.39 is 0 Å². The average Bonchev–Trinajstić information content (AvgIpc) is 2.51. The second-order valence-electron chi connectivity index (χ2n) is 6.11. The number of phenols is 1. The summed E-state index contributed by atoms with van der Waals surface area (Å²) in [6, 6.07) is 5.80. The lowest BCUT2D eigenvalue weighted by atomic mass is 9.75. The van der Waals surface area contributed by atoms with E-state index in [1.54, 1.807) is 19.2 Å². The second-order valence-corrected chi connectivity index (χ2v) is 6.11. The van der Waals surface area contributed by atoms with Gasteiger partial charge in [-0.25, -0.2) is 0 Å². The molecular formula is C17H23N3O2. The van der Waals surface area contributed by atoms with Crippen molar-refractivity contribution < 1.29 is 9.84 Å². The van der Waals surface area contributed by atoms with Crippen molar-refractivity contribution in [1.82, 2.24) is 10.2 Å². The van der Waals surface area contributed by atoms with Crippen LogP contribution >= 0.6 is 0 Å². The highest BCUT2D eigenvalue weighted by Gasteiger charge is 2.37. The molecule has 1 aliphatic carbocycles. The van der Waals surface area contributed by atoms with Crippen LogP contribution in [-0.4, -0.2) is 43.3 Å². The van der Waals surface area contributed by atoms with E-state index in [0.717, 1.165) is 44.6 Å². The minimum absolute atomic E-state index is 0.112. The molecule has 1 heterocycles. The Morgan fingerprint density at radius 2 is 2.09 bits per heavy atom. The number of aromatic hydroxyl groups is 1. The molecule has 3 rings (SSSR count). The fourth-order valence-electron chi connectivity index (χ4n) is 3.58. The smallest absolute Gasteiger partial charge is 0.163 e. The largest absolute Gasteiger partial charge is 0.504 e.